The minimum absolute atomic E-state index is 0.164. The number of rotatable bonds is 2. The number of phenols is 1. The van der Waals surface area contributed by atoms with E-state index in [-0.39, 0.29) is 11.7 Å². The lowest BCUT2D eigenvalue weighted by Gasteiger charge is -2.35. The standard InChI is InChI=1S/C17H23NO2/c1-11-7-12(2)10-18(9-11)17(20)16-8-15(16)13-3-5-14(19)6-4-13/h3-6,11-12,15-16,19H,7-10H2,1-2H3. The average molecular weight is 273 g/mol. The summed E-state index contributed by atoms with van der Waals surface area (Å²) in [5.41, 5.74) is 1.18. The SMILES string of the molecule is CC1CC(C)CN(C(=O)C2CC2c2ccc(O)cc2)C1. The van der Waals surface area contributed by atoms with Gasteiger partial charge in [-0.25, -0.2) is 0 Å². The van der Waals surface area contributed by atoms with Gasteiger partial charge >= 0.3 is 0 Å². The van der Waals surface area contributed by atoms with Gasteiger partial charge < -0.3 is 10.0 Å². The van der Waals surface area contributed by atoms with E-state index in [0.717, 1.165) is 19.5 Å². The molecule has 4 unspecified atom stereocenters. The Balaban J connectivity index is 1.63. The molecule has 0 bridgehead atoms. The molecule has 0 aromatic heterocycles. The molecule has 3 nitrogen and oxygen atoms in total. The van der Waals surface area contributed by atoms with Crippen molar-refractivity contribution >= 4 is 5.91 Å². The van der Waals surface area contributed by atoms with Gasteiger partial charge in [0.15, 0.2) is 0 Å². The maximum atomic E-state index is 12.6. The van der Waals surface area contributed by atoms with Crippen LogP contribution >= 0.6 is 0 Å². The average Bonchev–Trinajstić information content (AvgIpc) is 3.18. The molecule has 0 radical (unpaired) electrons. The summed E-state index contributed by atoms with van der Waals surface area (Å²) in [4.78, 5) is 14.7. The molecular formula is C17H23NO2. The van der Waals surface area contributed by atoms with Crippen LogP contribution in [0.4, 0.5) is 0 Å². The minimum atomic E-state index is 0.164. The zero-order chi connectivity index (χ0) is 14.3. The lowest BCUT2D eigenvalue weighted by atomic mass is 9.91. The molecule has 1 heterocycles. The minimum Gasteiger partial charge on any atom is -0.508 e. The summed E-state index contributed by atoms with van der Waals surface area (Å²) < 4.78 is 0. The second-order valence-electron chi connectivity index (χ2n) is 6.73. The van der Waals surface area contributed by atoms with Crippen molar-refractivity contribution in [2.75, 3.05) is 13.1 Å². The second-order valence-corrected chi connectivity index (χ2v) is 6.73. The molecule has 1 saturated heterocycles. The first-order valence-electron chi connectivity index (χ1n) is 7.62. The van der Waals surface area contributed by atoms with E-state index in [0.29, 0.717) is 23.7 Å². The highest BCUT2D eigenvalue weighted by Gasteiger charge is 2.46. The zero-order valence-electron chi connectivity index (χ0n) is 12.2. The monoisotopic (exact) mass is 273 g/mol. The van der Waals surface area contributed by atoms with Crippen molar-refractivity contribution in [3.05, 3.63) is 29.8 Å². The third-order valence-electron chi connectivity index (χ3n) is 4.61. The Bertz CT molecular complexity index is 486. The number of hydrogen-bond donors (Lipinski definition) is 1. The number of piperidine rings is 1. The maximum Gasteiger partial charge on any atom is 0.226 e. The highest BCUT2D eigenvalue weighted by atomic mass is 16.3. The van der Waals surface area contributed by atoms with Gasteiger partial charge in [-0.15, -0.1) is 0 Å². The number of likely N-dealkylation sites (tertiary alicyclic amines) is 1. The van der Waals surface area contributed by atoms with E-state index >= 15 is 0 Å². The topological polar surface area (TPSA) is 40.5 Å². The van der Waals surface area contributed by atoms with Gasteiger partial charge in [0.1, 0.15) is 5.75 Å². The summed E-state index contributed by atoms with van der Waals surface area (Å²) in [6.45, 7) is 6.31. The molecule has 4 atom stereocenters. The van der Waals surface area contributed by atoms with Crippen LogP contribution < -0.4 is 0 Å². The van der Waals surface area contributed by atoms with Crippen LogP contribution in [-0.4, -0.2) is 29.0 Å². The predicted molar refractivity (Wildman–Crippen MR) is 78.5 cm³/mol. The van der Waals surface area contributed by atoms with Crippen molar-refractivity contribution < 1.29 is 9.90 Å². The quantitative estimate of drug-likeness (QED) is 0.900. The number of phenolic OH excluding ortho intramolecular Hbond substituents is 1. The number of benzene rings is 1. The molecule has 3 heteroatoms. The highest BCUT2D eigenvalue weighted by Crippen LogP contribution is 2.49. The fourth-order valence-electron chi connectivity index (χ4n) is 3.64. The van der Waals surface area contributed by atoms with Crippen molar-refractivity contribution in [2.24, 2.45) is 17.8 Å². The third kappa shape index (κ3) is 2.67. The fourth-order valence-corrected chi connectivity index (χ4v) is 3.64. The molecule has 2 fully saturated rings. The molecule has 1 aromatic rings. The Labute approximate surface area is 120 Å². The maximum absolute atomic E-state index is 12.6. The highest BCUT2D eigenvalue weighted by molar-refractivity contribution is 5.83. The molecule has 1 aliphatic heterocycles. The second kappa shape index (κ2) is 5.12. The molecule has 1 amide bonds. The van der Waals surface area contributed by atoms with E-state index in [2.05, 4.69) is 18.7 Å². The van der Waals surface area contributed by atoms with Gasteiger partial charge in [0.05, 0.1) is 0 Å². The van der Waals surface area contributed by atoms with E-state index in [4.69, 9.17) is 0 Å². The van der Waals surface area contributed by atoms with Crippen LogP contribution in [0.2, 0.25) is 0 Å². The van der Waals surface area contributed by atoms with Crippen LogP contribution in [0.25, 0.3) is 0 Å². The van der Waals surface area contributed by atoms with Crippen LogP contribution in [0, 0.1) is 17.8 Å². The fraction of sp³-hybridized carbons (Fsp3) is 0.588. The molecule has 1 aromatic carbocycles. The lowest BCUT2D eigenvalue weighted by molar-refractivity contribution is -0.135. The molecule has 3 rings (SSSR count). The summed E-state index contributed by atoms with van der Waals surface area (Å²) >= 11 is 0. The van der Waals surface area contributed by atoms with E-state index in [1.54, 1.807) is 12.1 Å². The van der Waals surface area contributed by atoms with Gasteiger partial charge in [-0.2, -0.15) is 0 Å². The normalized spacial score (nSPS) is 33.0. The summed E-state index contributed by atoms with van der Waals surface area (Å²) in [6, 6.07) is 7.30. The lowest BCUT2D eigenvalue weighted by Crippen LogP contribution is -2.43. The van der Waals surface area contributed by atoms with Crippen LogP contribution in [0.15, 0.2) is 24.3 Å². The number of hydrogen-bond acceptors (Lipinski definition) is 2. The smallest absolute Gasteiger partial charge is 0.226 e. The van der Waals surface area contributed by atoms with E-state index < -0.39 is 0 Å². The van der Waals surface area contributed by atoms with Crippen LogP contribution in [0.1, 0.15) is 38.2 Å². The van der Waals surface area contributed by atoms with Crippen LogP contribution in [-0.2, 0) is 4.79 Å². The Morgan fingerprint density at radius 3 is 2.30 bits per heavy atom. The number of aromatic hydroxyl groups is 1. The summed E-state index contributed by atoms with van der Waals surface area (Å²) in [5, 5.41) is 9.32. The van der Waals surface area contributed by atoms with E-state index in [1.165, 1.54) is 12.0 Å². The Hall–Kier alpha value is -1.51. The van der Waals surface area contributed by atoms with Gasteiger partial charge in [0.2, 0.25) is 5.91 Å². The van der Waals surface area contributed by atoms with Crippen molar-refractivity contribution in [3.63, 3.8) is 0 Å². The molecular weight excluding hydrogens is 250 g/mol. The first kappa shape index (κ1) is 13.5. The number of nitrogens with zero attached hydrogens (tertiary/aromatic N) is 1. The molecule has 1 N–H and O–H groups in total. The Morgan fingerprint density at radius 1 is 1.10 bits per heavy atom. The number of amides is 1. The van der Waals surface area contributed by atoms with Crippen molar-refractivity contribution in [3.8, 4) is 5.75 Å². The van der Waals surface area contributed by atoms with Gasteiger partial charge in [0.25, 0.3) is 0 Å². The van der Waals surface area contributed by atoms with Gasteiger partial charge in [-0.1, -0.05) is 26.0 Å². The van der Waals surface area contributed by atoms with E-state index in [1.807, 2.05) is 12.1 Å². The number of carbonyl (C=O) groups is 1. The van der Waals surface area contributed by atoms with Crippen molar-refractivity contribution in [1.82, 2.24) is 4.90 Å². The number of carbonyl (C=O) groups excluding carboxylic acids is 1. The van der Waals surface area contributed by atoms with Gasteiger partial charge in [-0.05, 0) is 48.3 Å². The molecule has 0 spiro atoms. The van der Waals surface area contributed by atoms with Crippen LogP contribution in [0.5, 0.6) is 5.75 Å². The molecule has 108 valence electrons. The predicted octanol–water partition coefficient (Wildman–Crippen LogP) is 3.00. The molecule has 2 aliphatic rings. The third-order valence-corrected chi connectivity index (χ3v) is 4.61. The van der Waals surface area contributed by atoms with Crippen molar-refractivity contribution in [1.29, 1.82) is 0 Å². The summed E-state index contributed by atoms with van der Waals surface area (Å²) in [5.74, 6) is 2.38. The molecule has 20 heavy (non-hydrogen) atoms. The molecule has 1 saturated carbocycles. The van der Waals surface area contributed by atoms with Gasteiger partial charge in [-0.3, -0.25) is 4.79 Å². The Morgan fingerprint density at radius 2 is 1.70 bits per heavy atom. The van der Waals surface area contributed by atoms with Crippen molar-refractivity contribution in [2.45, 2.75) is 32.6 Å². The first-order chi connectivity index (χ1) is 9.54. The molecule has 1 aliphatic carbocycles. The van der Waals surface area contributed by atoms with Gasteiger partial charge in [0, 0.05) is 19.0 Å². The zero-order valence-corrected chi connectivity index (χ0v) is 12.2. The Kier molecular flexibility index (Phi) is 3.45. The largest absolute Gasteiger partial charge is 0.508 e. The summed E-state index contributed by atoms with van der Waals surface area (Å²) in [7, 11) is 0. The van der Waals surface area contributed by atoms with E-state index in [9.17, 15) is 9.90 Å². The van der Waals surface area contributed by atoms with Crippen LogP contribution in [0.3, 0.4) is 0 Å². The summed E-state index contributed by atoms with van der Waals surface area (Å²) in [6.07, 6.45) is 2.19. The first-order valence-corrected chi connectivity index (χ1v) is 7.62.